The highest BCUT2D eigenvalue weighted by atomic mass is 16.5. The Morgan fingerprint density at radius 1 is 1.07 bits per heavy atom. The van der Waals surface area contributed by atoms with E-state index in [-0.39, 0.29) is 24.3 Å². The van der Waals surface area contributed by atoms with E-state index in [2.05, 4.69) is 43.2 Å². The van der Waals surface area contributed by atoms with E-state index in [9.17, 15) is 9.59 Å². The number of rotatable bonds is 6. The fourth-order valence-corrected chi connectivity index (χ4v) is 3.15. The van der Waals surface area contributed by atoms with Gasteiger partial charge < -0.3 is 10.1 Å². The lowest BCUT2D eigenvalue weighted by atomic mass is 9.92. The van der Waals surface area contributed by atoms with Crippen LogP contribution < -0.4 is 5.32 Å². The number of esters is 1. The summed E-state index contributed by atoms with van der Waals surface area (Å²) >= 11 is 0. The van der Waals surface area contributed by atoms with Crippen LogP contribution in [-0.2, 0) is 9.53 Å². The standard InChI is InChI=1S/C22H25N3O3/c1-13(2)17-6-5-7-18(14(3)4)21(17)24-20(26)12-28-22(27)15-8-9-16-11-23-25-19(16)10-15/h5-11,13-14H,12H2,1-4H3,(H,23,25)(H,24,26). The number of nitrogens with zero attached hydrogens (tertiary/aromatic N) is 1. The number of H-pyrrole nitrogens is 1. The normalized spacial score (nSPS) is 11.2. The minimum Gasteiger partial charge on any atom is -0.452 e. The first-order chi connectivity index (χ1) is 13.4. The van der Waals surface area contributed by atoms with Crippen molar-refractivity contribution in [2.24, 2.45) is 0 Å². The number of nitrogens with one attached hydrogen (secondary N) is 2. The molecule has 1 heterocycles. The molecule has 0 fully saturated rings. The molecule has 3 rings (SSSR count). The van der Waals surface area contributed by atoms with Crippen molar-refractivity contribution in [2.75, 3.05) is 11.9 Å². The van der Waals surface area contributed by atoms with Crippen LogP contribution in [0.2, 0.25) is 0 Å². The molecule has 0 aliphatic rings. The molecule has 0 aliphatic carbocycles. The van der Waals surface area contributed by atoms with Gasteiger partial charge in [0, 0.05) is 11.1 Å². The van der Waals surface area contributed by atoms with E-state index in [1.807, 2.05) is 18.2 Å². The summed E-state index contributed by atoms with van der Waals surface area (Å²) in [6.07, 6.45) is 1.68. The Labute approximate surface area is 164 Å². The lowest BCUT2D eigenvalue weighted by molar-refractivity contribution is -0.119. The molecule has 3 aromatic rings. The van der Waals surface area contributed by atoms with E-state index >= 15 is 0 Å². The lowest BCUT2D eigenvalue weighted by Crippen LogP contribution is -2.22. The van der Waals surface area contributed by atoms with Crippen LogP contribution >= 0.6 is 0 Å². The topological polar surface area (TPSA) is 84.1 Å². The third kappa shape index (κ3) is 4.22. The molecular weight excluding hydrogens is 354 g/mol. The first-order valence-electron chi connectivity index (χ1n) is 9.39. The molecule has 6 nitrogen and oxygen atoms in total. The largest absolute Gasteiger partial charge is 0.452 e. The molecule has 28 heavy (non-hydrogen) atoms. The lowest BCUT2D eigenvalue weighted by Gasteiger charge is -2.20. The van der Waals surface area contributed by atoms with Crippen LogP contribution in [0.3, 0.4) is 0 Å². The van der Waals surface area contributed by atoms with Crippen molar-refractivity contribution in [2.45, 2.75) is 39.5 Å². The number of aromatic nitrogens is 2. The zero-order chi connectivity index (χ0) is 20.3. The second-order valence-corrected chi connectivity index (χ2v) is 7.42. The molecule has 0 spiro atoms. The number of hydrogen-bond acceptors (Lipinski definition) is 4. The molecule has 2 aromatic carbocycles. The van der Waals surface area contributed by atoms with Crippen molar-refractivity contribution in [1.82, 2.24) is 10.2 Å². The average Bonchev–Trinajstić information content (AvgIpc) is 3.13. The summed E-state index contributed by atoms with van der Waals surface area (Å²) in [5.41, 5.74) is 4.06. The van der Waals surface area contributed by atoms with E-state index in [0.717, 1.165) is 27.7 Å². The van der Waals surface area contributed by atoms with Gasteiger partial charge in [-0.3, -0.25) is 9.89 Å². The van der Waals surface area contributed by atoms with Crippen molar-refractivity contribution in [3.05, 3.63) is 59.3 Å². The number of para-hydroxylation sites is 1. The number of anilines is 1. The quantitative estimate of drug-likeness (QED) is 0.613. The first-order valence-corrected chi connectivity index (χ1v) is 9.39. The zero-order valence-corrected chi connectivity index (χ0v) is 16.6. The Bertz CT molecular complexity index is 979. The van der Waals surface area contributed by atoms with Gasteiger partial charge in [-0.2, -0.15) is 5.10 Å². The van der Waals surface area contributed by atoms with Crippen molar-refractivity contribution < 1.29 is 14.3 Å². The maximum absolute atomic E-state index is 12.5. The number of carbonyl (C=O) groups excluding carboxylic acids is 2. The monoisotopic (exact) mass is 379 g/mol. The van der Waals surface area contributed by atoms with Crippen LogP contribution in [0.1, 0.15) is 61.0 Å². The molecule has 146 valence electrons. The van der Waals surface area contributed by atoms with Crippen LogP contribution in [0.25, 0.3) is 10.9 Å². The predicted molar refractivity (Wildman–Crippen MR) is 110 cm³/mol. The number of hydrogen-bond donors (Lipinski definition) is 2. The van der Waals surface area contributed by atoms with Gasteiger partial charge in [-0.1, -0.05) is 52.0 Å². The third-order valence-corrected chi connectivity index (χ3v) is 4.65. The highest BCUT2D eigenvalue weighted by Crippen LogP contribution is 2.32. The Kier molecular flexibility index (Phi) is 5.78. The van der Waals surface area contributed by atoms with E-state index in [1.54, 1.807) is 24.4 Å². The molecule has 0 atom stereocenters. The summed E-state index contributed by atoms with van der Waals surface area (Å²) in [7, 11) is 0. The van der Waals surface area contributed by atoms with E-state index in [1.165, 1.54) is 0 Å². The van der Waals surface area contributed by atoms with Crippen molar-refractivity contribution in [3.63, 3.8) is 0 Å². The van der Waals surface area contributed by atoms with Crippen LogP contribution in [0, 0.1) is 0 Å². The fraction of sp³-hybridized carbons (Fsp3) is 0.318. The van der Waals surface area contributed by atoms with Gasteiger partial charge in [0.25, 0.3) is 5.91 Å². The maximum Gasteiger partial charge on any atom is 0.338 e. The molecule has 0 radical (unpaired) electrons. The van der Waals surface area contributed by atoms with E-state index in [0.29, 0.717) is 5.56 Å². The Balaban J connectivity index is 1.69. The van der Waals surface area contributed by atoms with Crippen LogP contribution in [0.4, 0.5) is 5.69 Å². The second kappa shape index (κ2) is 8.25. The number of fused-ring (bicyclic) bond motifs is 1. The molecule has 0 aliphatic heterocycles. The van der Waals surface area contributed by atoms with Gasteiger partial charge in [0.2, 0.25) is 0 Å². The number of benzene rings is 2. The van der Waals surface area contributed by atoms with Gasteiger partial charge in [0.15, 0.2) is 6.61 Å². The van der Waals surface area contributed by atoms with Gasteiger partial charge >= 0.3 is 5.97 Å². The van der Waals surface area contributed by atoms with Gasteiger partial charge in [-0.25, -0.2) is 4.79 Å². The highest BCUT2D eigenvalue weighted by Gasteiger charge is 2.17. The minimum atomic E-state index is -0.548. The third-order valence-electron chi connectivity index (χ3n) is 4.65. The molecule has 6 heteroatoms. The molecule has 2 N–H and O–H groups in total. The number of carbonyl (C=O) groups is 2. The SMILES string of the molecule is CC(C)c1cccc(C(C)C)c1NC(=O)COC(=O)c1ccc2cn[nH]c2c1. The minimum absolute atomic E-state index is 0.262. The molecule has 1 amide bonds. The van der Waals surface area contributed by atoms with Crippen LogP contribution in [-0.4, -0.2) is 28.7 Å². The van der Waals surface area contributed by atoms with Crippen molar-refractivity contribution >= 4 is 28.5 Å². The van der Waals surface area contributed by atoms with Crippen LogP contribution in [0.15, 0.2) is 42.6 Å². The Hall–Kier alpha value is -3.15. The van der Waals surface area contributed by atoms with Gasteiger partial charge in [-0.15, -0.1) is 0 Å². The average molecular weight is 379 g/mol. The molecule has 0 bridgehead atoms. The molecule has 0 saturated heterocycles. The van der Waals surface area contributed by atoms with Gasteiger partial charge in [0.05, 0.1) is 17.3 Å². The number of ether oxygens (including phenoxy) is 1. The summed E-state index contributed by atoms with van der Waals surface area (Å²) in [6, 6.07) is 11.1. The number of amides is 1. The van der Waals surface area contributed by atoms with Crippen molar-refractivity contribution in [1.29, 1.82) is 0 Å². The fourth-order valence-electron chi connectivity index (χ4n) is 3.15. The maximum atomic E-state index is 12.5. The van der Waals surface area contributed by atoms with E-state index in [4.69, 9.17) is 4.74 Å². The molecule has 1 aromatic heterocycles. The predicted octanol–water partition coefficient (Wildman–Crippen LogP) is 4.61. The first kappa shape index (κ1) is 19.6. The molecule has 0 unspecified atom stereocenters. The summed E-state index contributed by atoms with van der Waals surface area (Å²) in [5, 5.41) is 10.6. The summed E-state index contributed by atoms with van der Waals surface area (Å²) in [6.45, 7) is 7.99. The smallest absolute Gasteiger partial charge is 0.338 e. The summed E-state index contributed by atoms with van der Waals surface area (Å²) < 4.78 is 5.20. The van der Waals surface area contributed by atoms with Gasteiger partial charge in [-0.05, 0) is 35.1 Å². The molecule has 0 saturated carbocycles. The summed E-state index contributed by atoms with van der Waals surface area (Å²) in [4.78, 5) is 24.7. The molecular formula is C22H25N3O3. The highest BCUT2D eigenvalue weighted by molar-refractivity contribution is 5.98. The summed E-state index contributed by atoms with van der Waals surface area (Å²) in [5.74, 6) is -0.380. The van der Waals surface area contributed by atoms with Crippen LogP contribution in [0.5, 0.6) is 0 Å². The zero-order valence-electron chi connectivity index (χ0n) is 16.6. The second-order valence-electron chi connectivity index (χ2n) is 7.42. The van der Waals surface area contributed by atoms with E-state index < -0.39 is 5.97 Å². The van der Waals surface area contributed by atoms with Crippen molar-refractivity contribution in [3.8, 4) is 0 Å². The van der Waals surface area contributed by atoms with Gasteiger partial charge in [0.1, 0.15) is 0 Å². The Morgan fingerprint density at radius 2 is 1.75 bits per heavy atom. The number of aromatic amines is 1. The Morgan fingerprint density at radius 3 is 2.39 bits per heavy atom.